The molecule has 0 fully saturated rings. The minimum absolute atomic E-state index is 0.00464. The van der Waals surface area contributed by atoms with Crippen LogP contribution in [0.5, 0.6) is 0 Å². The van der Waals surface area contributed by atoms with Crippen molar-refractivity contribution in [1.29, 1.82) is 0 Å². The smallest absolute Gasteiger partial charge is 0.0964 e. The predicted molar refractivity (Wildman–Crippen MR) is 79.6 cm³/mol. The lowest BCUT2D eigenvalue weighted by Gasteiger charge is -2.15. The van der Waals surface area contributed by atoms with Crippen LogP contribution in [0.2, 0.25) is 0 Å². The van der Waals surface area contributed by atoms with E-state index in [1.165, 1.54) is 5.56 Å². The van der Waals surface area contributed by atoms with E-state index in [0.29, 0.717) is 19.5 Å². The van der Waals surface area contributed by atoms with Crippen molar-refractivity contribution in [3.63, 3.8) is 0 Å². The monoisotopic (exact) mass is 290 g/mol. The predicted octanol–water partition coefficient (Wildman–Crippen LogP) is 0.354. The van der Waals surface area contributed by atoms with E-state index in [0.717, 1.165) is 12.1 Å². The van der Waals surface area contributed by atoms with E-state index in [9.17, 15) is 5.11 Å². The summed E-state index contributed by atoms with van der Waals surface area (Å²) in [6.45, 7) is 1.46. The Morgan fingerprint density at radius 3 is 2.71 bits per heavy atom. The van der Waals surface area contributed by atoms with Crippen LogP contribution in [0.1, 0.15) is 17.7 Å². The van der Waals surface area contributed by atoms with Gasteiger partial charge in [0.15, 0.2) is 0 Å². The Hall–Kier alpha value is -1.76. The van der Waals surface area contributed by atoms with Crippen molar-refractivity contribution in [2.24, 2.45) is 0 Å². The highest BCUT2D eigenvalue weighted by Gasteiger charge is 2.09. The molecule has 6 nitrogen and oxygen atoms in total. The third-order valence-electron chi connectivity index (χ3n) is 3.25. The summed E-state index contributed by atoms with van der Waals surface area (Å²) in [6, 6.07) is 10.1. The zero-order valence-electron chi connectivity index (χ0n) is 12.0. The van der Waals surface area contributed by atoms with Crippen LogP contribution in [0.3, 0.4) is 0 Å². The van der Waals surface area contributed by atoms with Gasteiger partial charge in [-0.05, 0) is 18.4 Å². The molecule has 0 saturated carbocycles. The van der Waals surface area contributed by atoms with Crippen molar-refractivity contribution in [1.82, 2.24) is 20.3 Å². The molecule has 2 aromatic rings. The minimum atomic E-state index is -0.00464. The number of aliphatic hydroxyl groups excluding tert-OH is 2. The number of nitrogens with one attached hydrogen (secondary N) is 1. The number of rotatable bonds is 9. The zero-order valence-corrected chi connectivity index (χ0v) is 12.0. The summed E-state index contributed by atoms with van der Waals surface area (Å²) in [5.74, 6) is 0. The Kier molecular flexibility index (Phi) is 6.33. The van der Waals surface area contributed by atoms with Crippen molar-refractivity contribution in [2.45, 2.75) is 32.0 Å². The molecule has 2 rings (SSSR count). The molecule has 3 N–H and O–H groups in total. The SMILES string of the molecule is OCCCn1cc(CNC(CO)Cc2ccccc2)nn1. The maximum atomic E-state index is 9.46. The molecule has 0 amide bonds. The average molecular weight is 290 g/mol. The largest absolute Gasteiger partial charge is 0.396 e. The molecule has 0 spiro atoms. The van der Waals surface area contributed by atoms with Crippen LogP contribution >= 0.6 is 0 Å². The molecule has 0 aliphatic heterocycles. The fourth-order valence-corrected chi connectivity index (χ4v) is 2.11. The van der Waals surface area contributed by atoms with Crippen LogP contribution in [-0.4, -0.2) is 44.5 Å². The maximum Gasteiger partial charge on any atom is 0.0964 e. The second-order valence-corrected chi connectivity index (χ2v) is 5.00. The topological polar surface area (TPSA) is 83.2 Å². The lowest BCUT2D eigenvalue weighted by molar-refractivity contribution is 0.240. The highest BCUT2D eigenvalue weighted by molar-refractivity contribution is 5.15. The second kappa shape index (κ2) is 8.51. The number of hydrogen-bond acceptors (Lipinski definition) is 5. The number of nitrogens with zero attached hydrogens (tertiary/aromatic N) is 3. The Balaban J connectivity index is 1.81. The van der Waals surface area contributed by atoms with E-state index >= 15 is 0 Å². The van der Waals surface area contributed by atoms with Gasteiger partial charge in [-0.1, -0.05) is 35.5 Å². The zero-order chi connectivity index (χ0) is 14.9. The molecule has 114 valence electrons. The van der Waals surface area contributed by atoms with Crippen molar-refractivity contribution in [3.8, 4) is 0 Å². The van der Waals surface area contributed by atoms with Gasteiger partial charge in [0, 0.05) is 31.9 Å². The van der Waals surface area contributed by atoms with Crippen LogP contribution in [0.4, 0.5) is 0 Å². The summed E-state index contributed by atoms with van der Waals surface area (Å²) in [5, 5.41) is 29.6. The first-order valence-electron chi connectivity index (χ1n) is 7.20. The van der Waals surface area contributed by atoms with E-state index in [1.807, 2.05) is 24.4 Å². The summed E-state index contributed by atoms with van der Waals surface area (Å²) in [4.78, 5) is 0. The lowest BCUT2D eigenvalue weighted by atomic mass is 10.1. The minimum Gasteiger partial charge on any atom is -0.396 e. The van der Waals surface area contributed by atoms with Gasteiger partial charge in [0.05, 0.1) is 12.3 Å². The standard InChI is InChI=1S/C15H22N4O2/c20-8-4-7-19-11-15(17-18-19)10-16-14(12-21)9-13-5-2-1-3-6-13/h1-3,5-6,11,14,16,20-21H,4,7-10,12H2. The van der Waals surface area contributed by atoms with Gasteiger partial charge < -0.3 is 15.5 Å². The van der Waals surface area contributed by atoms with Gasteiger partial charge in [-0.3, -0.25) is 4.68 Å². The molecule has 0 saturated heterocycles. The molecule has 1 aromatic heterocycles. The molecule has 21 heavy (non-hydrogen) atoms. The number of aliphatic hydroxyl groups is 2. The van der Waals surface area contributed by atoms with Gasteiger partial charge in [0.25, 0.3) is 0 Å². The summed E-state index contributed by atoms with van der Waals surface area (Å²) < 4.78 is 1.72. The van der Waals surface area contributed by atoms with E-state index in [2.05, 4.69) is 27.8 Å². The van der Waals surface area contributed by atoms with Crippen LogP contribution in [0.15, 0.2) is 36.5 Å². The fraction of sp³-hybridized carbons (Fsp3) is 0.467. The molecule has 0 radical (unpaired) electrons. The summed E-state index contributed by atoms with van der Waals surface area (Å²) in [6.07, 6.45) is 3.30. The molecule has 1 unspecified atom stereocenters. The van der Waals surface area contributed by atoms with Gasteiger partial charge in [-0.2, -0.15) is 0 Å². The molecule has 0 bridgehead atoms. The van der Waals surface area contributed by atoms with Gasteiger partial charge >= 0.3 is 0 Å². The number of benzene rings is 1. The number of hydrogen-bond donors (Lipinski definition) is 3. The number of aryl methyl sites for hydroxylation is 1. The molecule has 1 heterocycles. The second-order valence-electron chi connectivity index (χ2n) is 5.00. The third-order valence-corrected chi connectivity index (χ3v) is 3.25. The molecule has 1 atom stereocenters. The molecule has 6 heteroatoms. The van der Waals surface area contributed by atoms with Gasteiger partial charge in [0.1, 0.15) is 0 Å². The molecule has 1 aromatic carbocycles. The van der Waals surface area contributed by atoms with Crippen LogP contribution < -0.4 is 5.32 Å². The van der Waals surface area contributed by atoms with Crippen molar-refractivity contribution >= 4 is 0 Å². The van der Waals surface area contributed by atoms with Crippen molar-refractivity contribution in [2.75, 3.05) is 13.2 Å². The first-order chi connectivity index (χ1) is 10.3. The molecule has 0 aliphatic rings. The van der Waals surface area contributed by atoms with E-state index in [4.69, 9.17) is 5.11 Å². The van der Waals surface area contributed by atoms with Crippen LogP contribution in [0, 0.1) is 0 Å². The van der Waals surface area contributed by atoms with E-state index in [1.54, 1.807) is 4.68 Å². The fourth-order valence-electron chi connectivity index (χ4n) is 2.11. The third kappa shape index (κ3) is 5.26. The van der Waals surface area contributed by atoms with Crippen LogP contribution in [-0.2, 0) is 19.5 Å². The van der Waals surface area contributed by atoms with E-state index in [-0.39, 0.29) is 19.3 Å². The molecular formula is C15H22N4O2. The number of aromatic nitrogens is 3. The molecular weight excluding hydrogens is 268 g/mol. The van der Waals surface area contributed by atoms with Gasteiger partial charge in [0.2, 0.25) is 0 Å². The normalized spacial score (nSPS) is 12.5. The lowest BCUT2D eigenvalue weighted by Crippen LogP contribution is -2.34. The Morgan fingerprint density at radius 1 is 1.19 bits per heavy atom. The van der Waals surface area contributed by atoms with Crippen LogP contribution in [0.25, 0.3) is 0 Å². The van der Waals surface area contributed by atoms with Crippen molar-refractivity contribution in [3.05, 3.63) is 47.8 Å². The maximum absolute atomic E-state index is 9.46. The van der Waals surface area contributed by atoms with Gasteiger partial charge in [-0.15, -0.1) is 5.10 Å². The first-order valence-corrected chi connectivity index (χ1v) is 7.20. The highest BCUT2D eigenvalue weighted by Crippen LogP contribution is 2.04. The van der Waals surface area contributed by atoms with Gasteiger partial charge in [-0.25, -0.2) is 0 Å². The Morgan fingerprint density at radius 2 is 2.00 bits per heavy atom. The highest BCUT2D eigenvalue weighted by atomic mass is 16.3. The quantitative estimate of drug-likeness (QED) is 0.621. The Labute approximate surface area is 124 Å². The average Bonchev–Trinajstić information content (AvgIpc) is 2.98. The summed E-state index contributed by atoms with van der Waals surface area (Å²) in [5.41, 5.74) is 2.02. The van der Waals surface area contributed by atoms with Crippen molar-refractivity contribution < 1.29 is 10.2 Å². The summed E-state index contributed by atoms with van der Waals surface area (Å²) in [7, 11) is 0. The first kappa shape index (κ1) is 15.6. The van der Waals surface area contributed by atoms with E-state index < -0.39 is 0 Å². The Bertz CT molecular complexity index is 515. The molecule has 0 aliphatic carbocycles. The summed E-state index contributed by atoms with van der Waals surface area (Å²) >= 11 is 0.